The second-order valence-electron chi connectivity index (χ2n) is 4.67. The van der Waals surface area contributed by atoms with Gasteiger partial charge in [-0.1, -0.05) is 25.6 Å². The number of anilines is 2. The van der Waals surface area contributed by atoms with Crippen LogP contribution in [-0.4, -0.2) is 47.3 Å². The monoisotopic (exact) mass is 284 g/mol. The highest BCUT2D eigenvalue weighted by atomic mass is 32.2. The van der Waals surface area contributed by atoms with E-state index in [4.69, 9.17) is 5.73 Å². The summed E-state index contributed by atoms with van der Waals surface area (Å²) >= 11 is 1.21. The molecule has 7 nitrogen and oxygen atoms in total. The SMILES string of the molecule is CC(C)CNc1nc(SCC(N)=O)nc(N(C)C)n1. The zero-order chi connectivity index (χ0) is 14.4. The van der Waals surface area contributed by atoms with Crippen molar-refractivity contribution in [3.05, 3.63) is 0 Å². The maximum absolute atomic E-state index is 10.8. The van der Waals surface area contributed by atoms with Crippen LogP contribution in [0.5, 0.6) is 0 Å². The fraction of sp³-hybridized carbons (Fsp3) is 0.636. The van der Waals surface area contributed by atoms with Crippen LogP contribution in [0, 0.1) is 5.92 Å². The summed E-state index contributed by atoms with van der Waals surface area (Å²) in [7, 11) is 3.70. The Morgan fingerprint density at radius 3 is 2.58 bits per heavy atom. The van der Waals surface area contributed by atoms with Crippen molar-refractivity contribution in [2.75, 3.05) is 36.6 Å². The lowest BCUT2D eigenvalue weighted by molar-refractivity contribution is -0.115. The number of rotatable bonds is 7. The molecule has 0 radical (unpaired) electrons. The van der Waals surface area contributed by atoms with E-state index in [1.165, 1.54) is 11.8 Å². The normalized spacial score (nSPS) is 10.6. The fourth-order valence-corrected chi connectivity index (χ4v) is 1.69. The van der Waals surface area contributed by atoms with Crippen molar-refractivity contribution in [1.82, 2.24) is 15.0 Å². The molecule has 8 heteroatoms. The van der Waals surface area contributed by atoms with E-state index in [1.807, 2.05) is 14.1 Å². The fourth-order valence-electron chi connectivity index (χ4n) is 1.12. The summed E-state index contributed by atoms with van der Waals surface area (Å²) < 4.78 is 0. The molecule has 0 spiro atoms. The molecule has 1 amide bonds. The molecule has 0 aliphatic carbocycles. The molecule has 0 aliphatic rings. The maximum atomic E-state index is 10.8. The number of nitrogens with two attached hydrogens (primary N) is 1. The molecule has 1 rings (SSSR count). The van der Waals surface area contributed by atoms with Crippen LogP contribution in [0.25, 0.3) is 0 Å². The zero-order valence-electron chi connectivity index (χ0n) is 11.7. The lowest BCUT2D eigenvalue weighted by Crippen LogP contribution is -2.18. The van der Waals surface area contributed by atoms with Gasteiger partial charge in [0.05, 0.1) is 5.75 Å². The molecule has 3 N–H and O–H groups in total. The van der Waals surface area contributed by atoms with Gasteiger partial charge in [-0.2, -0.15) is 15.0 Å². The van der Waals surface area contributed by atoms with E-state index in [-0.39, 0.29) is 5.75 Å². The van der Waals surface area contributed by atoms with E-state index in [9.17, 15) is 4.79 Å². The van der Waals surface area contributed by atoms with Crippen LogP contribution in [-0.2, 0) is 4.79 Å². The van der Waals surface area contributed by atoms with Crippen LogP contribution in [0.4, 0.5) is 11.9 Å². The standard InChI is InChI=1S/C11H20N6OS/c1-7(2)5-13-9-14-10(17(3)4)16-11(15-9)19-6-8(12)18/h7H,5-6H2,1-4H3,(H2,12,18)(H,13,14,15,16). The average molecular weight is 284 g/mol. The van der Waals surface area contributed by atoms with E-state index in [0.29, 0.717) is 23.0 Å². The Balaban J connectivity index is 2.87. The van der Waals surface area contributed by atoms with Gasteiger partial charge in [-0.3, -0.25) is 4.79 Å². The minimum Gasteiger partial charge on any atom is -0.369 e. The van der Waals surface area contributed by atoms with E-state index >= 15 is 0 Å². The summed E-state index contributed by atoms with van der Waals surface area (Å²) in [5.74, 6) is 1.31. The van der Waals surface area contributed by atoms with Gasteiger partial charge in [0.1, 0.15) is 0 Å². The number of thioether (sulfide) groups is 1. The molecule has 0 saturated carbocycles. The number of carbonyl (C=O) groups is 1. The Hall–Kier alpha value is -1.57. The molecule has 0 saturated heterocycles. The molecule has 0 unspecified atom stereocenters. The highest BCUT2D eigenvalue weighted by Crippen LogP contribution is 2.17. The van der Waals surface area contributed by atoms with Gasteiger partial charge in [0.15, 0.2) is 5.16 Å². The number of nitrogens with zero attached hydrogens (tertiary/aromatic N) is 4. The largest absolute Gasteiger partial charge is 0.369 e. The van der Waals surface area contributed by atoms with Crippen molar-refractivity contribution in [3.8, 4) is 0 Å². The summed E-state index contributed by atoms with van der Waals surface area (Å²) in [5.41, 5.74) is 5.12. The van der Waals surface area contributed by atoms with E-state index in [1.54, 1.807) is 4.90 Å². The molecule has 0 atom stereocenters. The lowest BCUT2D eigenvalue weighted by Gasteiger charge is -2.13. The number of aromatic nitrogens is 3. The molecule has 0 bridgehead atoms. The van der Waals surface area contributed by atoms with Gasteiger partial charge in [-0.25, -0.2) is 0 Å². The van der Waals surface area contributed by atoms with Gasteiger partial charge in [0, 0.05) is 20.6 Å². The Morgan fingerprint density at radius 2 is 2.05 bits per heavy atom. The van der Waals surface area contributed by atoms with Gasteiger partial charge in [0.25, 0.3) is 0 Å². The minimum atomic E-state index is -0.395. The van der Waals surface area contributed by atoms with Crippen LogP contribution in [0.2, 0.25) is 0 Å². The van der Waals surface area contributed by atoms with Gasteiger partial charge >= 0.3 is 0 Å². The first-order valence-electron chi connectivity index (χ1n) is 5.97. The van der Waals surface area contributed by atoms with Crippen LogP contribution in [0.1, 0.15) is 13.8 Å². The summed E-state index contributed by atoms with van der Waals surface area (Å²) in [5, 5.41) is 3.64. The predicted octanol–water partition coefficient (Wildman–Crippen LogP) is 0.583. The van der Waals surface area contributed by atoms with Crippen molar-refractivity contribution in [2.24, 2.45) is 11.7 Å². The van der Waals surface area contributed by atoms with Crippen molar-refractivity contribution in [3.63, 3.8) is 0 Å². The molecule has 106 valence electrons. The lowest BCUT2D eigenvalue weighted by atomic mass is 10.2. The predicted molar refractivity (Wildman–Crippen MR) is 77.4 cm³/mol. The maximum Gasteiger partial charge on any atom is 0.230 e. The highest BCUT2D eigenvalue weighted by molar-refractivity contribution is 7.99. The first kappa shape index (κ1) is 15.5. The number of nitrogens with one attached hydrogen (secondary N) is 1. The first-order valence-corrected chi connectivity index (χ1v) is 6.95. The van der Waals surface area contributed by atoms with Gasteiger partial charge in [-0.05, 0) is 5.92 Å². The third-order valence-corrected chi connectivity index (χ3v) is 2.88. The summed E-state index contributed by atoms with van der Waals surface area (Å²) in [6.07, 6.45) is 0. The van der Waals surface area contributed by atoms with E-state index in [2.05, 4.69) is 34.1 Å². The van der Waals surface area contributed by atoms with Crippen molar-refractivity contribution >= 4 is 29.6 Å². The number of hydrogen-bond donors (Lipinski definition) is 2. The van der Waals surface area contributed by atoms with E-state index in [0.717, 1.165) is 6.54 Å². The third-order valence-electron chi connectivity index (χ3n) is 2.02. The Morgan fingerprint density at radius 1 is 1.37 bits per heavy atom. The third kappa shape index (κ3) is 5.73. The summed E-state index contributed by atoms with van der Waals surface area (Å²) in [4.78, 5) is 25.4. The molecule has 1 aromatic rings. The zero-order valence-corrected chi connectivity index (χ0v) is 12.5. The second-order valence-corrected chi connectivity index (χ2v) is 5.61. The molecular formula is C11H20N6OS. The van der Waals surface area contributed by atoms with Crippen molar-refractivity contribution in [1.29, 1.82) is 0 Å². The first-order chi connectivity index (χ1) is 8.88. The quantitative estimate of drug-likeness (QED) is 0.707. The molecule has 1 heterocycles. The van der Waals surface area contributed by atoms with Crippen molar-refractivity contribution < 1.29 is 4.79 Å². The number of carbonyl (C=O) groups excluding carboxylic acids is 1. The van der Waals surface area contributed by atoms with Crippen LogP contribution < -0.4 is 16.0 Å². The smallest absolute Gasteiger partial charge is 0.230 e. The molecule has 0 fully saturated rings. The van der Waals surface area contributed by atoms with Crippen LogP contribution >= 0.6 is 11.8 Å². The number of amides is 1. The van der Waals surface area contributed by atoms with Gasteiger partial charge in [0.2, 0.25) is 17.8 Å². The minimum absolute atomic E-state index is 0.153. The highest BCUT2D eigenvalue weighted by Gasteiger charge is 2.09. The Bertz CT molecular complexity index is 437. The molecular weight excluding hydrogens is 264 g/mol. The molecule has 0 aliphatic heterocycles. The van der Waals surface area contributed by atoms with Crippen LogP contribution in [0.15, 0.2) is 5.16 Å². The number of primary amides is 1. The topological polar surface area (TPSA) is 97.0 Å². The van der Waals surface area contributed by atoms with Crippen molar-refractivity contribution in [2.45, 2.75) is 19.0 Å². The van der Waals surface area contributed by atoms with Gasteiger partial charge < -0.3 is 16.0 Å². The summed E-state index contributed by atoms with van der Waals surface area (Å²) in [6, 6.07) is 0. The second kappa shape index (κ2) is 7.13. The molecule has 19 heavy (non-hydrogen) atoms. The van der Waals surface area contributed by atoms with Crippen LogP contribution in [0.3, 0.4) is 0 Å². The molecule has 1 aromatic heterocycles. The Kier molecular flexibility index (Phi) is 5.81. The Labute approximate surface area is 117 Å². The van der Waals surface area contributed by atoms with E-state index < -0.39 is 5.91 Å². The molecule has 0 aromatic carbocycles. The summed E-state index contributed by atoms with van der Waals surface area (Å²) in [6.45, 7) is 4.98. The number of hydrogen-bond acceptors (Lipinski definition) is 7. The van der Waals surface area contributed by atoms with Gasteiger partial charge in [-0.15, -0.1) is 0 Å². The average Bonchev–Trinajstić information content (AvgIpc) is 2.33.